The second-order valence-electron chi connectivity index (χ2n) is 6.19. The highest BCUT2D eigenvalue weighted by Gasteiger charge is 2.16. The van der Waals surface area contributed by atoms with E-state index in [2.05, 4.69) is 11.4 Å². The second kappa shape index (κ2) is 5.74. The Balaban J connectivity index is 2.01. The highest BCUT2D eigenvalue weighted by molar-refractivity contribution is 5.91. The molecule has 0 aliphatic heterocycles. The Bertz CT molecular complexity index is 460. The summed E-state index contributed by atoms with van der Waals surface area (Å²) < 4.78 is 0. The lowest BCUT2D eigenvalue weighted by Gasteiger charge is -2.21. The average molecular weight is 260 g/mol. The van der Waals surface area contributed by atoms with Crippen molar-refractivity contribution in [3.8, 4) is 0 Å². The lowest BCUT2D eigenvalue weighted by molar-refractivity contribution is -0.116. The molecule has 1 aromatic carbocycles. The van der Waals surface area contributed by atoms with Crippen molar-refractivity contribution >= 4 is 11.6 Å². The minimum Gasteiger partial charge on any atom is -0.326 e. The van der Waals surface area contributed by atoms with E-state index in [9.17, 15) is 4.79 Å². The first-order valence-corrected chi connectivity index (χ1v) is 7.15. The maximum Gasteiger partial charge on any atom is 0.224 e. The molecule has 19 heavy (non-hydrogen) atoms. The van der Waals surface area contributed by atoms with Gasteiger partial charge in [-0.2, -0.15) is 0 Å². The molecule has 0 aromatic heterocycles. The molecule has 104 valence electrons. The van der Waals surface area contributed by atoms with Crippen LogP contribution in [0.15, 0.2) is 18.2 Å². The largest absolute Gasteiger partial charge is 0.326 e. The molecule has 1 aliphatic carbocycles. The second-order valence-corrected chi connectivity index (χ2v) is 6.19. The SMILES string of the molecule is CC(C)(N)CCC(=O)Nc1cccc2c1CCCC2. The Kier molecular flexibility index (Phi) is 4.25. The molecule has 1 aliphatic rings. The minimum atomic E-state index is -0.284. The van der Waals surface area contributed by atoms with Crippen LogP contribution in [0.25, 0.3) is 0 Å². The molecule has 0 saturated heterocycles. The van der Waals surface area contributed by atoms with Crippen LogP contribution in [-0.4, -0.2) is 11.4 Å². The van der Waals surface area contributed by atoms with Crippen LogP contribution in [0.5, 0.6) is 0 Å². The van der Waals surface area contributed by atoms with Crippen molar-refractivity contribution < 1.29 is 4.79 Å². The first-order valence-electron chi connectivity index (χ1n) is 7.15. The summed E-state index contributed by atoms with van der Waals surface area (Å²) in [5.74, 6) is 0.0671. The summed E-state index contributed by atoms with van der Waals surface area (Å²) >= 11 is 0. The predicted octanol–water partition coefficient (Wildman–Crippen LogP) is 3.02. The Morgan fingerprint density at radius 3 is 2.79 bits per heavy atom. The van der Waals surface area contributed by atoms with E-state index >= 15 is 0 Å². The normalized spacial score (nSPS) is 14.9. The van der Waals surface area contributed by atoms with E-state index in [4.69, 9.17) is 5.73 Å². The molecule has 0 atom stereocenters. The van der Waals surface area contributed by atoms with E-state index in [0.29, 0.717) is 12.8 Å². The van der Waals surface area contributed by atoms with Gasteiger partial charge in [-0.05, 0) is 63.1 Å². The van der Waals surface area contributed by atoms with Crippen LogP contribution in [0.4, 0.5) is 5.69 Å². The zero-order valence-corrected chi connectivity index (χ0v) is 12.0. The van der Waals surface area contributed by atoms with E-state index in [-0.39, 0.29) is 11.4 Å². The number of aryl methyl sites for hydroxylation is 1. The van der Waals surface area contributed by atoms with E-state index in [1.807, 2.05) is 26.0 Å². The number of amides is 1. The van der Waals surface area contributed by atoms with Crippen LogP contribution in [0.3, 0.4) is 0 Å². The molecule has 3 N–H and O–H groups in total. The molecule has 2 rings (SSSR count). The third-order valence-corrected chi connectivity index (χ3v) is 3.67. The molecule has 0 fully saturated rings. The van der Waals surface area contributed by atoms with Crippen molar-refractivity contribution in [1.29, 1.82) is 0 Å². The van der Waals surface area contributed by atoms with Gasteiger partial charge < -0.3 is 11.1 Å². The van der Waals surface area contributed by atoms with Crippen molar-refractivity contribution in [1.82, 2.24) is 0 Å². The predicted molar refractivity (Wildman–Crippen MR) is 79.2 cm³/mol. The molecule has 0 spiro atoms. The van der Waals surface area contributed by atoms with Crippen molar-refractivity contribution in [2.75, 3.05) is 5.32 Å². The van der Waals surface area contributed by atoms with Gasteiger partial charge >= 0.3 is 0 Å². The topological polar surface area (TPSA) is 55.1 Å². The van der Waals surface area contributed by atoms with Crippen LogP contribution >= 0.6 is 0 Å². The van der Waals surface area contributed by atoms with Crippen molar-refractivity contribution in [3.05, 3.63) is 29.3 Å². The number of carbonyl (C=O) groups is 1. The maximum absolute atomic E-state index is 12.0. The smallest absolute Gasteiger partial charge is 0.224 e. The van der Waals surface area contributed by atoms with Gasteiger partial charge in [0.2, 0.25) is 5.91 Å². The summed E-state index contributed by atoms with van der Waals surface area (Å²) in [6.07, 6.45) is 5.87. The first kappa shape index (κ1) is 14.1. The monoisotopic (exact) mass is 260 g/mol. The Morgan fingerprint density at radius 2 is 2.05 bits per heavy atom. The molecule has 1 aromatic rings. The van der Waals surface area contributed by atoms with Crippen LogP contribution in [0.2, 0.25) is 0 Å². The van der Waals surface area contributed by atoms with Crippen molar-refractivity contribution in [3.63, 3.8) is 0 Å². The molecule has 0 unspecified atom stereocenters. The molecule has 0 saturated carbocycles. The van der Waals surface area contributed by atoms with Crippen LogP contribution in [0.1, 0.15) is 50.7 Å². The van der Waals surface area contributed by atoms with Crippen LogP contribution in [-0.2, 0) is 17.6 Å². The van der Waals surface area contributed by atoms with Gasteiger partial charge in [0.1, 0.15) is 0 Å². The molecule has 0 heterocycles. The average Bonchev–Trinajstić information content (AvgIpc) is 2.36. The summed E-state index contributed by atoms with van der Waals surface area (Å²) in [6, 6.07) is 6.22. The lowest BCUT2D eigenvalue weighted by Crippen LogP contribution is -2.33. The fourth-order valence-corrected chi connectivity index (χ4v) is 2.55. The molecule has 0 radical (unpaired) electrons. The highest BCUT2D eigenvalue weighted by atomic mass is 16.1. The van der Waals surface area contributed by atoms with Gasteiger partial charge in [-0.3, -0.25) is 4.79 Å². The summed E-state index contributed by atoms with van der Waals surface area (Å²) in [5.41, 5.74) is 9.34. The van der Waals surface area contributed by atoms with Crippen molar-refractivity contribution in [2.24, 2.45) is 5.73 Å². The number of rotatable bonds is 4. The van der Waals surface area contributed by atoms with E-state index < -0.39 is 0 Å². The van der Waals surface area contributed by atoms with Gasteiger partial charge in [-0.1, -0.05) is 12.1 Å². The maximum atomic E-state index is 12.0. The lowest BCUT2D eigenvalue weighted by atomic mass is 9.90. The number of hydrogen-bond donors (Lipinski definition) is 2. The summed E-state index contributed by atoms with van der Waals surface area (Å²) in [7, 11) is 0. The summed E-state index contributed by atoms with van der Waals surface area (Å²) in [5, 5.41) is 3.05. The minimum absolute atomic E-state index is 0.0671. The zero-order valence-electron chi connectivity index (χ0n) is 12.0. The molecular formula is C16H24N2O. The van der Waals surface area contributed by atoms with E-state index in [0.717, 1.165) is 18.5 Å². The number of benzene rings is 1. The number of nitrogens with one attached hydrogen (secondary N) is 1. The van der Waals surface area contributed by atoms with Gasteiger partial charge in [-0.15, -0.1) is 0 Å². The standard InChI is InChI=1S/C16H24N2O/c1-16(2,17)11-10-15(19)18-14-9-5-7-12-6-3-4-8-13(12)14/h5,7,9H,3-4,6,8,10-11,17H2,1-2H3,(H,18,19). The van der Waals surface area contributed by atoms with Crippen molar-refractivity contribution in [2.45, 2.75) is 57.9 Å². The molecular weight excluding hydrogens is 236 g/mol. The third-order valence-electron chi connectivity index (χ3n) is 3.67. The van der Waals surface area contributed by atoms with Crippen LogP contribution < -0.4 is 11.1 Å². The summed E-state index contributed by atoms with van der Waals surface area (Å²) in [6.45, 7) is 3.90. The fourth-order valence-electron chi connectivity index (χ4n) is 2.55. The molecule has 3 heteroatoms. The number of fused-ring (bicyclic) bond motifs is 1. The number of anilines is 1. The number of nitrogens with two attached hydrogens (primary N) is 1. The third kappa shape index (κ3) is 4.06. The van der Waals surface area contributed by atoms with Gasteiger partial charge in [0, 0.05) is 17.6 Å². The van der Waals surface area contributed by atoms with Gasteiger partial charge in [-0.25, -0.2) is 0 Å². The number of hydrogen-bond acceptors (Lipinski definition) is 2. The molecule has 3 nitrogen and oxygen atoms in total. The number of carbonyl (C=O) groups excluding carboxylic acids is 1. The quantitative estimate of drug-likeness (QED) is 0.874. The molecule has 0 bridgehead atoms. The fraction of sp³-hybridized carbons (Fsp3) is 0.562. The molecule has 1 amide bonds. The Morgan fingerprint density at radius 1 is 1.32 bits per heavy atom. The van der Waals surface area contributed by atoms with Gasteiger partial charge in [0.15, 0.2) is 0 Å². The van der Waals surface area contributed by atoms with Crippen LogP contribution in [0, 0.1) is 0 Å². The van der Waals surface area contributed by atoms with E-state index in [1.165, 1.54) is 24.0 Å². The van der Waals surface area contributed by atoms with E-state index in [1.54, 1.807) is 0 Å². The Labute approximate surface area is 115 Å². The van der Waals surface area contributed by atoms with Gasteiger partial charge in [0.05, 0.1) is 0 Å². The van der Waals surface area contributed by atoms with Gasteiger partial charge in [0.25, 0.3) is 0 Å². The first-order chi connectivity index (χ1) is 8.96. The summed E-state index contributed by atoms with van der Waals surface area (Å²) in [4.78, 5) is 12.0. The highest BCUT2D eigenvalue weighted by Crippen LogP contribution is 2.28. The Hall–Kier alpha value is -1.35. The zero-order chi connectivity index (χ0) is 13.9.